The van der Waals surface area contributed by atoms with Gasteiger partial charge in [0.15, 0.2) is 0 Å². The molecule has 1 saturated heterocycles. The molecule has 5 nitrogen and oxygen atoms in total. The largest absolute Gasteiger partial charge is 0.353 e. The van der Waals surface area contributed by atoms with Gasteiger partial charge in [-0.15, -0.1) is 0 Å². The van der Waals surface area contributed by atoms with Gasteiger partial charge in [-0.25, -0.2) is 9.18 Å². The van der Waals surface area contributed by atoms with Crippen LogP contribution in [0.2, 0.25) is 0 Å². The Bertz CT molecular complexity index is 447. The molecule has 0 unspecified atom stereocenters. The first-order chi connectivity index (χ1) is 8.65. The van der Waals surface area contributed by atoms with Gasteiger partial charge in [-0.1, -0.05) is 12.1 Å². The molecule has 1 heterocycles. The minimum atomic E-state index is -0.308. The monoisotopic (exact) mass is 251 g/mol. The zero-order valence-electron chi connectivity index (χ0n) is 9.78. The first-order valence-electron chi connectivity index (χ1n) is 5.69. The highest BCUT2D eigenvalue weighted by Crippen LogP contribution is 2.02. The Morgan fingerprint density at radius 1 is 1.39 bits per heavy atom. The highest BCUT2D eigenvalue weighted by Gasteiger charge is 2.20. The molecule has 18 heavy (non-hydrogen) atoms. The van der Waals surface area contributed by atoms with Crippen LogP contribution >= 0.6 is 0 Å². The highest BCUT2D eigenvalue weighted by molar-refractivity contribution is 5.85. The number of rotatable bonds is 2. The summed E-state index contributed by atoms with van der Waals surface area (Å²) in [6, 6.07) is 5.62. The van der Waals surface area contributed by atoms with Crippen LogP contribution in [0.3, 0.4) is 0 Å². The molecule has 0 aromatic heterocycles. The standard InChI is InChI=1S/C12H14FN3O2/c13-10-3-1-9(2-4-10)7-15-12(18)16-6-5-14-11(17)8-16/h1-4H,5-8H2,(H,14,17)(H,15,18). The van der Waals surface area contributed by atoms with E-state index in [1.54, 1.807) is 12.1 Å². The van der Waals surface area contributed by atoms with Crippen molar-refractivity contribution >= 4 is 11.9 Å². The fraction of sp³-hybridized carbons (Fsp3) is 0.333. The smallest absolute Gasteiger partial charge is 0.318 e. The van der Waals surface area contributed by atoms with E-state index in [0.717, 1.165) is 5.56 Å². The van der Waals surface area contributed by atoms with E-state index in [0.29, 0.717) is 19.6 Å². The number of carbonyl (C=O) groups is 2. The molecule has 0 atom stereocenters. The van der Waals surface area contributed by atoms with Gasteiger partial charge in [-0.3, -0.25) is 4.79 Å². The molecule has 0 aliphatic carbocycles. The van der Waals surface area contributed by atoms with E-state index in [1.165, 1.54) is 17.0 Å². The molecule has 1 aliphatic heterocycles. The van der Waals surface area contributed by atoms with E-state index in [9.17, 15) is 14.0 Å². The van der Waals surface area contributed by atoms with Crippen molar-refractivity contribution in [3.05, 3.63) is 35.6 Å². The summed E-state index contributed by atoms with van der Waals surface area (Å²) in [5.74, 6) is -0.462. The molecule has 0 spiro atoms. The summed E-state index contributed by atoms with van der Waals surface area (Å²) < 4.78 is 12.7. The predicted octanol–water partition coefficient (Wildman–Crippen LogP) is 0.467. The lowest BCUT2D eigenvalue weighted by atomic mass is 10.2. The second-order valence-electron chi connectivity index (χ2n) is 4.06. The summed E-state index contributed by atoms with van der Waals surface area (Å²) in [5, 5.41) is 5.34. The highest BCUT2D eigenvalue weighted by atomic mass is 19.1. The zero-order valence-corrected chi connectivity index (χ0v) is 9.78. The summed E-state index contributed by atoms with van der Waals surface area (Å²) in [6.07, 6.45) is 0. The minimum absolute atomic E-state index is 0.0786. The van der Waals surface area contributed by atoms with Gasteiger partial charge in [0.2, 0.25) is 5.91 Å². The number of amides is 3. The van der Waals surface area contributed by atoms with Crippen LogP contribution in [0.1, 0.15) is 5.56 Å². The molecule has 0 saturated carbocycles. The molecule has 0 bridgehead atoms. The average molecular weight is 251 g/mol. The van der Waals surface area contributed by atoms with Crippen molar-refractivity contribution in [1.82, 2.24) is 15.5 Å². The Hall–Kier alpha value is -2.11. The fourth-order valence-corrected chi connectivity index (χ4v) is 1.70. The number of carbonyl (C=O) groups excluding carboxylic acids is 2. The maximum absolute atomic E-state index is 12.7. The number of hydrogen-bond acceptors (Lipinski definition) is 2. The van der Waals surface area contributed by atoms with Crippen LogP contribution in [-0.2, 0) is 11.3 Å². The van der Waals surface area contributed by atoms with Gasteiger partial charge in [-0.2, -0.15) is 0 Å². The van der Waals surface area contributed by atoms with Crippen LogP contribution in [-0.4, -0.2) is 36.5 Å². The average Bonchev–Trinajstić information content (AvgIpc) is 2.38. The minimum Gasteiger partial charge on any atom is -0.353 e. The van der Waals surface area contributed by atoms with Crippen molar-refractivity contribution in [1.29, 1.82) is 0 Å². The SMILES string of the molecule is O=C1CN(C(=O)NCc2ccc(F)cc2)CCN1. The van der Waals surface area contributed by atoms with Gasteiger partial charge in [0.05, 0.1) is 0 Å². The zero-order chi connectivity index (χ0) is 13.0. The van der Waals surface area contributed by atoms with E-state index in [2.05, 4.69) is 10.6 Å². The third-order valence-electron chi connectivity index (χ3n) is 2.68. The van der Waals surface area contributed by atoms with Crippen LogP contribution in [0.5, 0.6) is 0 Å². The third-order valence-corrected chi connectivity index (χ3v) is 2.68. The molecular formula is C12H14FN3O2. The van der Waals surface area contributed by atoms with Gasteiger partial charge < -0.3 is 15.5 Å². The number of urea groups is 1. The maximum atomic E-state index is 12.7. The first kappa shape index (κ1) is 12.3. The molecule has 0 radical (unpaired) electrons. The van der Waals surface area contributed by atoms with Gasteiger partial charge in [0.1, 0.15) is 12.4 Å². The lowest BCUT2D eigenvalue weighted by Crippen LogP contribution is -2.52. The van der Waals surface area contributed by atoms with Crippen LogP contribution in [0.4, 0.5) is 9.18 Å². The number of hydrogen-bond donors (Lipinski definition) is 2. The van der Waals surface area contributed by atoms with E-state index in [1.807, 2.05) is 0 Å². The summed E-state index contributed by atoms with van der Waals surface area (Å²) in [7, 11) is 0. The quantitative estimate of drug-likeness (QED) is 0.802. The lowest BCUT2D eigenvalue weighted by molar-refractivity contribution is -0.123. The Labute approximate surface area is 104 Å². The molecule has 1 aromatic rings. The number of halogens is 1. The van der Waals surface area contributed by atoms with Crippen molar-refractivity contribution in [2.75, 3.05) is 19.6 Å². The van der Waals surface area contributed by atoms with Crippen molar-refractivity contribution in [3.63, 3.8) is 0 Å². The van der Waals surface area contributed by atoms with Gasteiger partial charge >= 0.3 is 6.03 Å². The molecule has 2 N–H and O–H groups in total. The molecule has 6 heteroatoms. The number of nitrogens with one attached hydrogen (secondary N) is 2. The second kappa shape index (κ2) is 5.48. The molecule has 1 fully saturated rings. The summed E-state index contributed by atoms with van der Waals surface area (Å²) in [4.78, 5) is 24.3. The van der Waals surface area contributed by atoms with Gasteiger partial charge in [-0.05, 0) is 17.7 Å². The van der Waals surface area contributed by atoms with E-state index >= 15 is 0 Å². The molecule has 1 aromatic carbocycles. The second-order valence-corrected chi connectivity index (χ2v) is 4.06. The van der Waals surface area contributed by atoms with Crippen LogP contribution < -0.4 is 10.6 Å². The van der Waals surface area contributed by atoms with Gasteiger partial charge in [0, 0.05) is 19.6 Å². The maximum Gasteiger partial charge on any atom is 0.318 e. The Morgan fingerprint density at radius 3 is 2.78 bits per heavy atom. The summed E-state index contributed by atoms with van der Waals surface area (Å²) >= 11 is 0. The predicted molar refractivity (Wildman–Crippen MR) is 63.2 cm³/mol. The number of nitrogens with zero attached hydrogens (tertiary/aromatic N) is 1. The summed E-state index contributed by atoms with van der Waals surface area (Å²) in [5.41, 5.74) is 0.811. The summed E-state index contributed by atoms with van der Waals surface area (Å²) in [6.45, 7) is 1.37. The Kier molecular flexibility index (Phi) is 3.76. The van der Waals surface area contributed by atoms with Crippen LogP contribution in [0, 0.1) is 5.82 Å². The van der Waals surface area contributed by atoms with Crippen LogP contribution in [0.15, 0.2) is 24.3 Å². The number of benzene rings is 1. The topological polar surface area (TPSA) is 61.4 Å². The molecule has 1 aliphatic rings. The Balaban J connectivity index is 1.84. The van der Waals surface area contributed by atoms with E-state index < -0.39 is 0 Å². The van der Waals surface area contributed by atoms with Crippen molar-refractivity contribution in [2.45, 2.75) is 6.54 Å². The van der Waals surface area contributed by atoms with Crippen molar-refractivity contribution in [2.24, 2.45) is 0 Å². The first-order valence-corrected chi connectivity index (χ1v) is 5.69. The third kappa shape index (κ3) is 3.19. The van der Waals surface area contributed by atoms with Crippen LogP contribution in [0.25, 0.3) is 0 Å². The lowest BCUT2D eigenvalue weighted by Gasteiger charge is -2.26. The fourth-order valence-electron chi connectivity index (χ4n) is 1.70. The molecule has 2 rings (SSSR count). The van der Waals surface area contributed by atoms with Gasteiger partial charge in [0.25, 0.3) is 0 Å². The number of piperazine rings is 1. The molecular weight excluding hydrogens is 237 g/mol. The molecule has 3 amide bonds. The molecule has 96 valence electrons. The van der Waals surface area contributed by atoms with E-state index in [4.69, 9.17) is 0 Å². The van der Waals surface area contributed by atoms with Crippen molar-refractivity contribution < 1.29 is 14.0 Å². The Morgan fingerprint density at radius 2 is 2.11 bits per heavy atom. The normalized spacial score (nSPS) is 15.2. The van der Waals surface area contributed by atoms with E-state index in [-0.39, 0.29) is 24.3 Å². The van der Waals surface area contributed by atoms with Crippen molar-refractivity contribution in [3.8, 4) is 0 Å².